The highest BCUT2D eigenvalue weighted by Gasteiger charge is 2.28. The molecule has 1 saturated carbocycles. The Morgan fingerprint density at radius 1 is 1.11 bits per heavy atom. The van der Waals surface area contributed by atoms with E-state index in [0.717, 1.165) is 12.8 Å². The monoisotopic (exact) mass is 404 g/mol. The molecule has 3 rings (SSSR count). The number of carbonyl (C=O) groups excluding carboxylic acids is 1. The minimum Gasteiger partial charge on any atom is -0.491 e. The third-order valence-corrected chi connectivity index (χ3v) is 5.85. The Labute approximate surface area is 165 Å². The number of ether oxygens (including phenoxy) is 2. The molecule has 8 heteroatoms. The van der Waals surface area contributed by atoms with Crippen LogP contribution in [0, 0.1) is 6.92 Å². The van der Waals surface area contributed by atoms with Gasteiger partial charge in [-0.15, -0.1) is 0 Å². The summed E-state index contributed by atoms with van der Waals surface area (Å²) in [7, 11) is -2.01. The molecule has 7 nitrogen and oxygen atoms in total. The minimum absolute atomic E-state index is 0.00759. The van der Waals surface area contributed by atoms with Crippen LogP contribution in [-0.2, 0) is 14.8 Å². The lowest BCUT2D eigenvalue weighted by atomic mass is 10.1. The first-order valence-electron chi connectivity index (χ1n) is 9.05. The number of sulfonamides is 1. The van der Waals surface area contributed by atoms with E-state index in [1.165, 1.54) is 12.1 Å². The average molecular weight is 404 g/mol. The topological polar surface area (TPSA) is 93.7 Å². The van der Waals surface area contributed by atoms with E-state index < -0.39 is 10.0 Å². The number of anilines is 1. The van der Waals surface area contributed by atoms with Gasteiger partial charge in [-0.1, -0.05) is 6.07 Å². The van der Waals surface area contributed by atoms with Gasteiger partial charge < -0.3 is 14.8 Å². The summed E-state index contributed by atoms with van der Waals surface area (Å²) in [6, 6.07) is 11.5. The quantitative estimate of drug-likeness (QED) is 0.627. The fourth-order valence-electron chi connectivity index (χ4n) is 2.58. The van der Waals surface area contributed by atoms with Crippen LogP contribution in [-0.4, -0.2) is 40.7 Å². The van der Waals surface area contributed by atoms with E-state index >= 15 is 0 Å². The highest BCUT2D eigenvalue weighted by Crippen LogP contribution is 2.24. The molecule has 0 saturated heterocycles. The van der Waals surface area contributed by atoms with Crippen LogP contribution in [0.4, 0.5) is 5.69 Å². The second kappa shape index (κ2) is 8.72. The molecule has 0 unspecified atom stereocenters. The van der Waals surface area contributed by atoms with Crippen LogP contribution >= 0.6 is 0 Å². The van der Waals surface area contributed by atoms with Gasteiger partial charge in [0.2, 0.25) is 10.0 Å². The maximum Gasteiger partial charge on any atom is 0.255 e. The third kappa shape index (κ3) is 5.31. The molecule has 0 radical (unpaired) electrons. The van der Waals surface area contributed by atoms with Crippen LogP contribution in [0.5, 0.6) is 5.75 Å². The van der Waals surface area contributed by atoms with E-state index in [0.29, 0.717) is 35.8 Å². The largest absolute Gasteiger partial charge is 0.491 e. The Kier molecular flexibility index (Phi) is 6.33. The van der Waals surface area contributed by atoms with Gasteiger partial charge in [0.05, 0.1) is 11.5 Å². The van der Waals surface area contributed by atoms with Crippen molar-refractivity contribution in [3.63, 3.8) is 0 Å². The maximum absolute atomic E-state index is 12.7. The highest BCUT2D eigenvalue weighted by atomic mass is 32.2. The third-order valence-electron chi connectivity index (χ3n) is 4.33. The van der Waals surface area contributed by atoms with Crippen LogP contribution < -0.4 is 14.8 Å². The van der Waals surface area contributed by atoms with Crippen molar-refractivity contribution in [3.8, 4) is 5.75 Å². The lowest BCUT2D eigenvalue weighted by molar-refractivity contribution is 0.102. The molecule has 0 aliphatic heterocycles. The summed E-state index contributed by atoms with van der Waals surface area (Å²) in [6.07, 6.45) is 1.70. The van der Waals surface area contributed by atoms with Crippen molar-refractivity contribution in [3.05, 3.63) is 53.6 Å². The Bertz CT molecular complexity index is 938. The zero-order valence-electron chi connectivity index (χ0n) is 15.9. The normalized spacial score (nSPS) is 13.9. The number of hydrogen-bond donors (Lipinski definition) is 2. The fourth-order valence-corrected chi connectivity index (χ4v) is 3.91. The molecule has 0 aromatic heterocycles. The lowest BCUT2D eigenvalue weighted by Gasteiger charge is -2.11. The molecule has 0 spiro atoms. The standard InChI is InChI=1S/C20H24N2O5S/c1-14-3-10-18(28(24,25)22-16-4-5-16)13-19(14)20(23)21-15-6-8-17(9-7-15)27-12-11-26-2/h3,6-10,13,16,22H,4-5,11-12H2,1-2H3,(H,21,23). The number of hydrogen-bond acceptors (Lipinski definition) is 5. The van der Waals surface area contributed by atoms with Crippen LogP contribution in [0.2, 0.25) is 0 Å². The molecule has 1 amide bonds. The zero-order valence-corrected chi connectivity index (χ0v) is 16.7. The Morgan fingerprint density at radius 2 is 1.82 bits per heavy atom. The van der Waals surface area contributed by atoms with Crippen LogP contribution in [0.15, 0.2) is 47.4 Å². The molecule has 1 aliphatic carbocycles. The minimum atomic E-state index is -3.62. The van der Waals surface area contributed by atoms with E-state index in [4.69, 9.17) is 9.47 Å². The molecule has 1 fully saturated rings. The van der Waals surface area contributed by atoms with Crippen LogP contribution in [0.25, 0.3) is 0 Å². The summed E-state index contributed by atoms with van der Waals surface area (Å²) in [5.74, 6) is 0.305. The molecule has 0 bridgehead atoms. The predicted octanol–water partition coefficient (Wildman–Crippen LogP) is 2.71. The molecule has 2 N–H and O–H groups in total. The van der Waals surface area contributed by atoms with Gasteiger partial charge in [0.1, 0.15) is 12.4 Å². The van der Waals surface area contributed by atoms with Crippen molar-refractivity contribution in [1.82, 2.24) is 4.72 Å². The van der Waals surface area contributed by atoms with E-state index in [2.05, 4.69) is 10.0 Å². The van der Waals surface area contributed by atoms with E-state index in [1.807, 2.05) is 0 Å². The van der Waals surface area contributed by atoms with E-state index in [-0.39, 0.29) is 16.8 Å². The van der Waals surface area contributed by atoms with Crippen molar-refractivity contribution in [2.75, 3.05) is 25.6 Å². The Morgan fingerprint density at radius 3 is 2.46 bits per heavy atom. The molecule has 0 heterocycles. The van der Waals surface area contributed by atoms with Gasteiger partial charge in [-0.2, -0.15) is 0 Å². The second-order valence-corrected chi connectivity index (χ2v) is 8.41. The SMILES string of the molecule is COCCOc1ccc(NC(=O)c2cc(S(=O)(=O)NC3CC3)ccc2C)cc1. The molecule has 2 aromatic rings. The summed E-state index contributed by atoms with van der Waals surface area (Å²) < 4.78 is 37.9. The van der Waals surface area contributed by atoms with E-state index in [9.17, 15) is 13.2 Å². The Hall–Kier alpha value is -2.42. The second-order valence-electron chi connectivity index (χ2n) is 6.69. The maximum atomic E-state index is 12.7. The number of amides is 1. The van der Waals surface area contributed by atoms with Gasteiger partial charge in [-0.25, -0.2) is 13.1 Å². The first kappa shape index (κ1) is 20.3. The van der Waals surface area contributed by atoms with E-state index in [1.54, 1.807) is 44.4 Å². The molecular formula is C20H24N2O5S. The summed E-state index contributed by atoms with van der Waals surface area (Å²) in [6.45, 7) is 2.70. The van der Waals surface area contributed by atoms with Crippen molar-refractivity contribution in [2.45, 2.75) is 30.7 Å². The average Bonchev–Trinajstić information content (AvgIpc) is 3.47. The molecule has 150 valence electrons. The van der Waals surface area contributed by atoms with Gasteiger partial charge >= 0.3 is 0 Å². The fraction of sp³-hybridized carbons (Fsp3) is 0.350. The summed E-state index contributed by atoms with van der Waals surface area (Å²) in [4.78, 5) is 12.8. The van der Waals surface area contributed by atoms with Gasteiger partial charge in [-0.3, -0.25) is 4.79 Å². The number of rotatable bonds is 9. The summed E-state index contributed by atoms with van der Waals surface area (Å²) >= 11 is 0. The van der Waals surface area contributed by atoms with Crippen molar-refractivity contribution in [1.29, 1.82) is 0 Å². The Balaban J connectivity index is 1.70. The lowest BCUT2D eigenvalue weighted by Crippen LogP contribution is -2.26. The number of carbonyl (C=O) groups is 1. The van der Waals surface area contributed by atoms with Crippen molar-refractivity contribution in [2.24, 2.45) is 0 Å². The van der Waals surface area contributed by atoms with Crippen LogP contribution in [0.1, 0.15) is 28.8 Å². The predicted molar refractivity (Wildman–Crippen MR) is 106 cm³/mol. The van der Waals surface area contributed by atoms with Crippen LogP contribution in [0.3, 0.4) is 0 Å². The van der Waals surface area contributed by atoms with Gasteiger partial charge in [0.15, 0.2) is 0 Å². The molecule has 1 aliphatic rings. The van der Waals surface area contributed by atoms with Gasteiger partial charge in [0.25, 0.3) is 5.91 Å². The summed E-state index contributed by atoms with van der Waals surface area (Å²) in [5, 5.41) is 2.79. The first-order chi connectivity index (χ1) is 13.4. The molecule has 28 heavy (non-hydrogen) atoms. The van der Waals surface area contributed by atoms with Gasteiger partial charge in [0, 0.05) is 24.4 Å². The molecule has 0 atom stereocenters. The highest BCUT2D eigenvalue weighted by molar-refractivity contribution is 7.89. The summed E-state index contributed by atoms with van der Waals surface area (Å²) in [5.41, 5.74) is 1.61. The van der Waals surface area contributed by atoms with Crippen molar-refractivity contribution >= 4 is 21.6 Å². The number of benzene rings is 2. The molecule has 2 aromatic carbocycles. The van der Waals surface area contributed by atoms with Gasteiger partial charge in [-0.05, 0) is 61.7 Å². The number of nitrogens with one attached hydrogen (secondary N) is 2. The molecular weight excluding hydrogens is 380 g/mol. The zero-order chi connectivity index (χ0) is 20.1. The number of aryl methyl sites for hydroxylation is 1. The number of methoxy groups -OCH3 is 1. The van der Waals surface area contributed by atoms with Crippen molar-refractivity contribution < 1.29 is 22.7 Å². The smallest absolute Gasteiger partial charge is 0.255 e. The first-order valence-corrected chi connectivity index (χ1v) is 10.5.